The van der Waals surface area contributed by atoms with Gasteiger partial charge < -0.3 is 19.6 Å². The van der Waals surface area contributed by atoms with Gasteiger partial charge in [0.1, 0.15) is 11.7 Å². The fraction of sp³-hybridized carbons (Fsp3) is 0.481. The van der Waals surface area contributed by atoms with Crippen molar-refractivity contribution in [2.45, 2.75) is 45.3 Å². The highest BCUT2D eigenvalue weighted by Crippen LogP contribution is 2.33. The Hall–Kier alpha value is -3.44. The highest BCUT2D eigenvalue weighted by Gasteiger charge is 2.35. The minimum atomic E-state index is -0.385. The summed E-state index contributed by atoms with van der Waals surface area (Å²) in [5, 5.41) is 18.9. The maximum absolute atomic E-state index is 13.6. The number of amides is 2. The van der Waals surface area contributed by atoms with Crippen molar-refractivity contribution in [3.63, 3.8) is 0 Å². The van der Waals surface area contributed by atoms with Crippen LogP contribution in [0.3, 0.4) is 0 Å². The summed E-state index contributed by atoms with van der Waals surface area (Å²) in [6, 6.07) is 10.5. The Labute approximate surface area is 206 Å². The van der Waals surface area contributed by atoms with Gasteiger partial charge in [-0.2, -0.15) is 5.26 Å². The number of hydrogen-bond donors (Lipinski definition) is 1. The van der Waals surface area contributed by atoms with E-state index in [1.54, 1.807) is 41.2 Å². The molecule has 2 aliphatic rings. The van der Waals surface area contributed by atoms with Gasteiger partial charge in [-0.1, -0.05) is 19.1 Å². The third-order valence-corrected chi connectivity index (χ3v) is 6.91. The van der Waals surface area contributed by atoms with Crippen LogP contribution in [0.2, 0.25) is 0 Å². The zero-order chi connectivity index (χ0) is 25.1. The van der Waals surface area contributed by atoms with Crippen LogP contribution in [0.1, 0.15) is 49.0 Å². The lowest BCUT2D eigenvalue weighted by Crippen LogP contribution is -2.50. The number of likely N-dealkylation sites (N-methyl/N-ethyl adjacent to an activating group) is 1. The highest BCUT2D eigenvalue weighted by atomic mass is 16.5. The lowest BCUT2D eigenvalue weighted by Gasteiger charge is -2.37. The number of aliphatic hydroxyl groups excluding tert-OH is 1. The van der Waals surface area contributed by atoms with Crippen LogP contribution in [0.15, 0.2) is 36.5 Å². The van der Waals surface area contributed by atoms with Gasteiger partial charge >= 0.3 is 0 Å². The van der Waals surface area contributed by atoms with E-state index in [0.29, 0.717) is 36.6 Å². The zero-order valence-electron chi connectivity index (χ0n) is 20.5. The summed E-state index contributed by atoms with van der Waals surface area (Å²) in [5.41, 5.74) is 2.42. The minimum absolute atomic E-state index is 0.0859. The van der Waals surface area contributed by atoms with Crippen molar-refractivity contribution in [3.8, 4) is 23.1 Å². The molecule has 184 valence electrons. The van der Waals surface area contributed by atoms with Crippen LogP contribution in [0.25, 0.3) is 11.1 Å². The van der Waals surface area contributed by atoms with E-state index in [2.05, 4.69) is 11.1 Å². The van der Waals surface area contributed by atoms with Crippen molar-refractivity contribution in [1.29, 1.82) is 5.26 Å². The topological polar surface area (TPSA) is 107 Å². The monoisotopic (exact) mass is 476 g/mol. The number of nitrogens with zero attached hydrogens (tertiary/aromatic N) is 4. The molecule has 0 radical (unpaired) electrons. The number of fused-ring (bicyclic) bond motifs is 1. The average Bonchev–Trinajstić information content (AvgIpc) is 3.69. The Bertz CT molecular complexity index is 1120. The van der Waals surface area contributed by atoms with Crippen LogP contribution in [-0.2, 0) is 4.79 Å². The molecule has 1 saturated carbocycles. The molecule has 1 aromatic carbocycles. The third-order valence-electron chi connectivity index (χ3n) is 6.91. The maximum Gasteiger partial charge on any atom is 0.259 e. The van der Waals surface area contributed by atoms with Gasteiger partial charge in [0.05, 0.1) is 30.8 Å². The molecular formula is C27H32N4O4. The molecular weight excluding hydrogens is 444 g/mol. The molecule has 4 rings (SSSR count). The average molecular weight is 477 g/mol. The first kappa shape index (κ1) is 24.7. The summed E-state index contributed by atoms with van der Waals surface area (Å²) >= 11 is 0. The molecule has 1 aliphatic heterocycles. The second-order valence-electron chi connectivity index (χ2n) is 9.81. The quantitative estimate of drug-likeness (QED) is 0.658. The summed E-state index contributed by atoms with van der Waals surface area (Å²) in [5.74, 6) is 0.487. The lowest BCUT2D eigenvalue weighted by molar-refractivity contribution is -0.131. The zero-order valence-corrected chi connectivity index (χ0v) is 20.5. The number of carbonyl (C=O) groups excluding carboxylic acids is 2. The van der Waals surface area contributed by atoms with E-state index in [-0.39, 0.29) is 42.4 Å². The Morgan fingerprint density at radius 2 is 2.03 bits per heavy atom. The summed E-state index contributed by atoms with van der Waals surface area (Å²) < 4.78 is 6.29. The van der Waals surface area contributed by atoms with E-state index in [1.807, 2.05) is 26.0 Å². The molecule has 8 nitrogen and oxygen atoms in total. The van der Waals surface area contributed by atoms with Gasteiger partial charge in [-0.05, 0) is 49.4 Å². The third kappa shape index (κ3) is 5.63. The first-order chi connectivity index (χ1) is 16.8. The summed E-state index contributed by atoms with van der Waals surface area (Å²) in [4.78, 5) is 34.1. The standard InChI is InChI=1S/C27H32N4O4/c1-17-14-31(18(2)16-32)27(34)23-11-22(21-8-6-20(12-28)7-9-21)13-29-26(23)35-24(17)15-30(3)25(33)10-19-4-5-19/h6-9,11,13,17-19,24,32H,4-5,10,14-16H2,1-3H3/t17-,18+,24-/m0/s1. The van der Waals surface area contributed by atoms with Crippen molar-refractivity contribution in [1.82, 2.24) is 14.8 Å². The van der Waals surface area contributed by atoms with Crippen molar-refractivity contribution in [3.05, 3.63) is 47.7 Å². The molecule has 8 heteroatoms. The van der Waals surface area contributed by atoms with Crippen LogP contribution in [0.5, 0.6) is 5.88 Å². The van der Waals surface area contributed by atoms with E-state index >= 15 is 0 Å². The molecule has 1 N–H and O–H groups in total. The molecule has 1 fully saturated rings. The second kappa shape index (κ2) is 10.4. The first-order valence-corrected chi connectivity index (χ1v) is 12.1. The van der Waals surface area contributed by atoms with Crippen LogP contribution in [0, 0.1) is 23.2 Å². The molecule has 2 aromatic rings. The molecule has 0 spiro atoms. The van der Waals surface area contributed by atoms with E-state index < -0.39 is 0 Å². The predicted molar refractivity (Wildman–Crippen MR) is 131 cm³/mol. The maximum atomic E-state index is 13.6. The van der Waals surface area contributed by atoms with Gasteiger partial charge in [-0.25, -0.2) is 4.98 Å². The van der Waals surface area contributed by atoms with E-state index in [9.17, 15) is 14.7 Å². The Balaban J connectivity index is 1.66. The summed E-state index contributed by atoms with van der Waals surface area (Å²) in [6.07, 6.45) is 4.08. The molecule has 3 atom stereocenters. The number of rotatable bonds is 7. The number of aliphatic hydroxyl groups is 1. The number of aromatic nitrogens is 1. The van der Waals surface area contributed by atoms with Gasteiger partial charge in [0.2, 0.25) is 11.8 Å². The lowest BCUT2D eigenvalue weighted by atomic mass is 9.99. The molecule has 2 amide bonds. The molecule has 1 aliphatic carbocycles. The van der Waals surface area contributed by atoms with Gasteiger partial charge in [-0.15, -0.1) is 0 Å². The molecule has 2 heterocycles. The SMILES string of the molecule is C[C@H](CO)N1C[C@H](C)[C@H](CN(C)C(=O)CC2CC2)Oc2ncc(-c3ccc(C#N)cc3)cc2C1=O. The van der Waals surface area contributed by atoms with Gasteiger partial charge in [0.15, 0.2) is 0 Å². The van der Waals surface area contributed by atoms with Crippen molar-refractivity contribution >= 4 is 11.8 Å². The van der Waals surface area contributed by atoms with Crippen LogP contribution >= 0.6 is 0 Å². The van der Waals surface area contributed by atoms with Gasteiger partial charge in [-0.3, -0.25) is 9.59 Å². The minimum Gasteiger partial charge on any atom is -0.472 e. The van der Waals surface area contributed by atoms with Crippen LogP contribution in [-0.4, -0.2) is 70.6 Å². The first-order valence-electron chi connectivity index (χ1n) is 12.1. The number of ether oxygens (including phenoxy) is 1. The molecule has 0 unspecified atom stereocenters. The van der Waals surface area contributed by atoms with Crippen LogP contribution in [0.4, 0.5) is 0 Å². The number of hydrogen-bond acceptors (Lipinski definition) is 6. The highest BCUT2D eigenvalue weighted by molar-refractivity contribution is 5.98. The summed E-state index contributed by atoms with van der Waals surface area (Å²) in [6.45, 7) is 4.41. The fourth-order valence-electron chi connectivity index (χ4n) is 4.31. The molecule has 0 saturated heterocycles. The number of nitriles is 1. The fourth-order valence-corrected chi connectivity index (χ4v) is 4.31. The predicted octanol–water partition coefficient (Wildman–Crippen LogP) is 3.10. The smallest absolute Gasteiger partial charge is 0.259 e. The van der Waals surface area contributed by atoms with Crippen molar-refractivity contribution in [2.24, 2.45) is 11.8 Å². The Morgan fingerprint density at radius 1 is 1.31 bits per heavy atom. The Kier molecular flexibility index (Phi) is 7.37. The van der Waals surface area contributed by atoms with E-state index in [0.717, 1.165) is 24.0 Å². The van der Waals surface area contributed by atoms with E-state index in [1.165, 1.54) is 0 Å². The van der Waals surface area contributed by atoms with Crippen molar-refractivity contribution < 1.29 is 19.4 Å². The number of benzene rings is 1. The second-order valence-corrected chi connectivity index (χ2v) is 9.81. The molecule has 1 aromatic heterocycles. The molecule has 0 bridgehead atoms. The molecule has 35 heavy (non-hydrogen) atoms. The normalized spacial score (nSPS) is 20.7. The summed E-state index contributed by atoms with van der Waals surface area (Å²) in [7, 11) is 1.79. The number of pyridine rings is 1. The largest absolute Gasteiger partial charge is 0.472 e. The van der Waals surface area contributed by atoms with Crippen molar-refractivity contribution in [2.75, 3.05) is 26.7 Å². The van der Waals surface area contributed by atoms with Crippen LogP contribution < -0.4 is 4.74 Å². The Morgan fingerprint density at radius 3 is 2.66 bits per heavy atom. The van der Waals surface area contributed by atoms with Gasteiger partial charge in [0, 0.05) is 37.7 Å². The van der Waals surface area contributed by atoms with E-state index in [4.69, 9.17) is 10.00 Å². The number of carbonyl (C=O) groups is 2. The van der Waals surface area contributed by atoms with Gasteiger partial charge in [0.25, 0.3) is 5.91 Å².